The summed E-state index contributed by atoms with van der Waals surface area (Å²) in [5, 5.41) is 0.482. The molecule has 0 saturated carbocycles. The minimum absolute atomic E-state index is 0.273. The van der Waals surface area contributed by atoms with E-state index in [0.29, 0.717) is 22.0 Å². The first kappa shape index (κ1) is 16.9. The van der Waals surface area contributed by atoms with Crippen LogP contribution < -0.4 is 11.2 Å². The molecule has 0 fully saturated rings. The molecule has 1 heterocycles. The van der Waals surface area contributed by atoms with Gasteiger partial charge in [0, 0.05) is 21.6 Å². The molecular weight excluding hydrogens is 348 g/mol. The molecule has 4 rings (SSSR count). The highest BCUT2D eigenvalue weighted by Gasteiger charge is 2.37. The Balaban J connectivity index is 2.10. The van der Waals surface area contributed by atoms with E-state index >= 15 is 0 Å². The molecule has 0 unspecified atom stereocenters. The number of hydrogen-bond donors (Lipinski definition) is 1. The number of nitrogens with one attached hydrogen (secondary N) is 1. The van der Waals surface area contributed by atoms with Gasteiger partial charge < -0.3 is 4.98 Å². The van der Waals surface area contributed by atoms with Gasteiger partial charge in [0.15, 0.2) is 0 Å². The summed E-state index contributed by atoms with van der Waals surface area (Å²) in [6.45, 7) is 4.16. The summed E-state index contributed by atoms with van der Waals surface area (Å²) in [5.74, 6) is 0. The van der Waals surface area contributed by atoms with Crippen molar-refractivity contribution in [2.75, 3.05) is 0 Å². The summed E-state index contributed by atoms with van der Waals surface area (Å²) in [6.07, 6.45) is 1.56. The Hall–Kier alpha value is -2.59. The van der Waals surface area contributed by atoms with E-state index in [4.69, 9.17) is 11.6 Å². The summed E-state index contributed by atoms with van der Waals surface area (Å²) in [4.78, 5) is 29.2. The molecule has 0 amide bonds. The number of rotatable bonds is 2. The Kier molecular flexibility index (Phi) is 3.88. The molecule has 2 aromatic carbocycles. The molecule has 3 aromatic rings. The van der Waals surface area contributed by atoms with Crippen LogP contribution in [0.5, 0.6) is 0 Å². The average molecular weight is 367 g/mol. The number of aromatic amines is 1. The molecule has 4 nitrogen and oxygen atoms in total. The zero-order chi connectivity index (χ0) is 18.5. The van der Waals surface area contributed by atoms with Crippen LogP contribution in [0.25, 0.3) is 16.9 Å². The van der Waals surface area contributed by atoms with E-state index < -0.39 is 5.69 Å². The maximum atomic E-state index is 13.4. The molecule has 0 saturated heterocycles. The molecule has 5 heteroatoms. The van der Waals surface area contributed by atoms with Gasteiger partial charge in [0.05, 0.1) is 11.4 Å². The van der Waals surface area contributed by atoms with Crippen molar-refractivity contribution in [3.63, 3.8) is 0 Å². The summed E-state index contributed by atoms with van der Waals surface area (Å²) >= 11 is 6.07. The van der Waals surface area contributed by atoms with Gasteiger partial charge in [0.1, 0.15) is 0 Å². The summed E-state index contributed by atoms with van der Waals surface area (Å²) < 4.78 is 1.19. The minimum atomic E-state index is -0.453. The van der Waals surface area contributed by atoms with E-state index in [-0.39, 0.29) is 11.0 Å². The van der Waals surface area contributed by atoms with Crippen LogP contribution >= 0.6 is 11.6 Å². The molecule has 0 bridgehead atoms. The Bertz CT molecular complexity index is 1130. The van der Waals surface area contributed by atoms with Crippen molar-refractivity contribution >= 4 is 11.6 Å². The number of nitrogens with zero attached hydrogens (tertiary/aromatic N) is 1. The quantitative estimate of drug-likeness (QED) is 0.743. The van der Waals surface area contributed by atoms with Crippen molar-refractivity contribution in [1.82, 2.24) is 9.55 Å². The van der Waals surface area contributed by atoms with Crippen molar-refractivity contribution in [3.05, 3.63) is 85.5 Å². The molecular formula is C21H19ClN2O2. The summed E-state index contributed by atoms with van der Waals surface area (Å²) in [6, 6.07) is 14.7. The summed E-state index contributed by atoms with van der Waals surface area (Å²) in [7, 11) is 0. The van der Waals surface area contributed by atoms with Crippen LogP contribution in [-0.2, 0) is 11.8 Å². The van der Waals surface area contributed by atoms with Crippen LogP contribution in [-0.4, -0.2) is 9.55 Å². The van der Waals surface area contributed by atoms with E-state index in [2.05, 4.69) is 24.9 Å². The lowest BCUT2D eigenvalue weighted by Gasteiger charge is -2.35. The molecule has 1 aromatic heterocycles. The molecule has 26 heavy (non-hydrogen) atoms. The third kappa shape index (κ3) is 2.44. The van der Waals surface area contributed by atoms with Gasteiger partial charge >= 0.3 is 5.69 Å². The van der Waals surface area contributed by atoms with Gasteiger partial charge in [0.25, 0.3) is 5.56 Å². The third-order valence-electron chi connectivity index (χ3n) is 5.42. The topological polar surface area (TPSA) is 54.9 Å². The van der Waals surface area contributed by atoms with Crippen LogP contribution in [0.4, 0.5) is 0 Å². The second-order valence-corrected chi connectivity index (χ2v) is 7.49. The van der Waals surface area contributed by atoms with Gasteiger partial charge in [-0.2, -0.15) is 0 Å². The largest absolute Gasteiger partial charge is 0.333 e. The van der Waals surface area contributed by atoms with E-state index in [1.165, 1.54) is 4.57 Å². The molecule has 0 spiro atoms. The van der Waals surface area contributed by atoms with Crippen LogP contribution in [0.3, 0.4) is 0 Å². The van der Waals surface area contributed by atoms with Crippen molar-refractivity contribution in [3.8, 4) is 16.9 Å². The van der Waals surface area contributed by atoms with Gasteiger partial charge in [-0.3, -0.25) is 4.79 Å². The first-order valence-electron chi connectivity index (χ1n) is 8.68. The Morgan fingerprint density at radius 3 is 2.65 bits per heavy atom. The molecule has 132 valence electrons. The monoisotopic (exact) mass is 366 g/mol. The number of benzene rings is 2. The molecule has 0 aliphatic heterocycles. The van der Waals surface area contributed by atoms with Crippen molar-refractivity contribution in [2.45, 2.75) is 32.1 Å². The number of H-pyrrole nitrogens is 1. The number of halogens is 1. The predicted molar refractivity (Wildman–Crippen MR) is 104 cm³/mol. The van der Waals surface area contributed by atoms with Crippen LogP contribution in [0, 0.1) is 0 Å². The fourth-order valence-corrected chi connectivity index (χ4v) is 4.06. The average Bonchev–Trinajstić information content (AvgIpc) is 2.61. The van der Waals surface area contributed by atoms with Gasteiger partial charge in [-0.1, -0.05) is 55.8 Å². The number of fused-ring (bicyclic) bond motifs is 3. The first-order valence-corrected chi connectivity index (χ1v) is 9.06. The highest BCUT2D eigenvalue weighted by Crippen LogP contribution is 2.41. The first-order chi connectivity index (χ1) is 12.4. The van der Waals surface area contributed by atoms with Crippen LogP contribution in [0.1, 0.15) is 31.4 Å². The van der Waals surface area contributed by atoms with Crippen molar-refractivity contribution in [2.24, 2.45) is 0 Å². The normalized spacial score (nSPS) is 18.3. The van der Waals surface area contributed by atoms with Crippen LogP contribution in [0.2, 0.25) is 5.02 Å². The Labute approximate surface area is 156 Å². The maximum absolute atomic E-state index is 13.4. The smallest absolute Gasteiger partial charge is 0.306 e. The maximum Gasteiger partial charge on any atom is 0.333 e. The SMILES string of the molecule is CC[C@]1(C)Cc2ccccc2-c2[nH]c(=O)n(-c3cccc(Cl)c3)c(=O)c21. The second-order valence-electron chi connectivity index (χ2n) is 7.05. The zero-order valence-electron chi connectivity index (χ0n) is 14.7. The van der Waals surface area contributed by atoms with Gasteiger partial charge in [0.2, 0.25) is 0 Å². The lowest BCUT2D eigenvalue weighted by Crippen LogP contribution is -2.44. The van der Waals surface area contributed by atoms with E-state index in [9.17, 15) is 9.59 Å². The van der Waals surface area contributed by atoms with Gasteiger partial charge in [-0.25, -0.2) is 9.36 Å². The third-order valence-corrected chi connectivity index (χ3v) is 5.65. The molecule has 1 aliphatic rings. The van der Waals surface area contributed by atoms with Gasteiger partial charge in [-0.15, -0.1) is 0 Å². The fourth-order valence-electron chi connectivity index (χ4n) is 3.88. The number of hydrogen-bond acceptors (Lipinski definition) is 2. The second kappa shape index (κ2) is 5.99. The lowest BCUT2D eigenvalue weighted by molar-refractivity contribution is 0.437. The Morgan fingerprint density at radius 1 is 1.15 bits per heavy atom. The fraction of sp³-hybridized carbons (Fsp3) is 0.238. The van der Waals surface area contributed by atoms with E-state index in [0.717, 1.165) is 24.0 Å². The zero-order valence-corrected chi connectivity index (χ0v) is 15.4. The molecule has 1 aliphatic carbocycles. The standard InChI is InChI=1S/C21H19ClN2O2/c1-3-21(2)12-13-7-4-5-10-16(13)18-17(21)19(25)24(20(26)23-18)15-9-6-8-14(22)11-15/h4-11H,3,12H2,1-2H3,(H,23,26)/t21-/m1/s1. The molecule has 1 N–H and O–H groups in total. The summed E-state index contributed by atoms with van der Waals surface area (Å²) in [5.41, 5.74) is 2.80. The highest BCUT2D eigenvalue weighted by molar-refractivity contribution is 6.30. The lowest BCUT2D eigenvalue weighted by atomic mass is 9.69. The molecule has 1 atom stereocenters. The predicted octanol–water partition coefficient (Wildman–Crippen LogP) is 4.07. The van der Waals surface area contributed by atoms with Gasteiger partial charge in [-0.05, 0) is 36.6 Å². The Morgan fingerprint density at radius 2 is 1.92 bits per heavy atom. The van der Waals surface area contributed by atoms with E-state index in [1.54, 1.807) is 24.3 Å². The van der Waals surface area contributed by atoms with Crippen molar-refractivity contribution in [1.29, 1.82) is 0 Å². The van der Waals surface area contributed by atoms with Crippen molar-refractivity contribution < 1.29 is 0 Å². The van der Waals surface area contributed by atoms with E-state index in [1.807, 2.05) is 18.2 Å². The minimum Gasteiger partial charge on any atom is -0.306 e. The number of aromatic nitrogens is 2. The molecule has 0 radical (unpaired) electrons. The van der Waals surface area contributed by atoms with Crippen LogP contribution in [0.15, 0.2) is 58.1 Å². The highest BCUT2D eigenvalue weighted by atomic mass is 35.5.